The number of rotatable bonds is 2. The highest BCUT2D eigenvalue weighted by Crippen LogP contribution is 2.25. The number of allylic oxidation sites excluding steroid dienone is 1. The van der Waals surface area contributed by atoms with Gasteiger partial charge in [0.2, 0.25) is 0 Å². The molecule has 20 heavy (non-hydrogen) atoms. The molecule has 0 radical (unpaired) electrons. The molecule has 1 N–H and O–H groups in total. The summed E-state index contributed by atoms with van der Waals surface area (Å²) in [7, 11) is 1.33. The number of benzene rings is 1. The van der Waals surface area contributed by atoms with Crippen molar-refractivity contribution in [3.63, 3.8) is 0 Å². The first kappa shape index (κ1) is 14.1. The zero-order valence-electron chi connectivity index (χ0n) is 11.6. The summed E-state index contributed by atoms with van der Waals surface area (Å²) in [6.07, 6.45) is 0.692. The average molecular weight is 275 g/mol. The third kappa shape index (κ3) is 2.99. The van der Waals surface area contributed by atoms with Gasteiger partial charge < -0.3 is 9.47 Å². The van der Waals surface area contributed by atoms with E-state index in [4.69, 9.17) is 9.47 Å². The Balaban J connectivity index is 2.54. The first-order valence-corrected chi connectivity index (χ1v) is 6.44. The third-order valence-corrected chi connectivity index (χ3v) is 3.16. The number of esters is 1. The number of carbonyl (C=O) groups is 2. The summed E-state index contributed by atoms with van der Waals surface area (Å²) < 4.78 is 9.79. The van der Waals surface area contributed by atoms with Crippen molar-refractivity contribution in [3.8, 4) is 0 Å². The highest BCUT2D eigenvalue weighted by Gasteiger charge is 2.23. The highest BCUT2D eigenvalue weighted by atomic mass is 16.5. The molecular weight excluding hydrogens is 258 g/mol. The monoisotopic (exact) mass is 275 g/mol. The quantitative estimate of drug-likeness (QED) is 0.665. The molecule has 2 rings (SSSR count). The second kappa shape index (κ2) is 6.23. The van der Waals surface area contributed by atoms with Gasteiger partial charge in [0.1, 0.15) is 0 Å². The Morgan fingerprint density at radius 3 is 2.80 bits per heavy atom. The van der Waals surface area contributed by atoms with E-state index in [1.165, 1.54) is 7.11 Å². The van der Waals surface area contributed by atoms with E-state index in [9.17, 15) is 9.59 Å². The number of carbonyl (C=O) groups excluding carboxylic acids is 2. The molecule has 1 fully saturated rings. The van der Waals surface area contributed by atoms with E-state index >= 15 is 0 Å². The van der Waals surface area contributed by atoms with Crippen molar-refractivity contribution in [2.45, 2.75) is 19.8 Å². The van der Waals surface area contributed by atoms with Crippen LogP contribution in [0.2, 0.25) is 0 Å². The Bertz CT molecular complexity index is 563. The number of cyclic esters (lactones) is 1. The van der Waals surface area contributed by atoms with Crippen LogP contribution in [-0.4, -0.2) is 25.8 Å². The molecule has 1 aliphatic rings. The number of ether oxygens (including phenoxy) is 2. The number of amides is 1. The van der Waals surface area contributed by atoms with Crippen molar-refractivity contribution in [1.82, 2.24) is 5.32 Å². The Kier molecular flexibility index (Phi) is 4.40. The van der Waals surface area contributed by atoms with Gasteiger partial charge in [0.05, 0.1) is 19.3 Å². The van der Waals surface area contributed by atoms with E-state index in [1.807, 2.05) is 31.2 Å². The molecule has 1 heterocycles. The van der Waals surface area contributed by atoms with E-state index < -0.39 is 12.1 Å². The number of methoxy groups -OCH3 is 1. The van der Waals surface area contributed by atoms with Crippen LogP contribution < -0.4 is 5.32 Å². The summed E-state index contributed by atoms with van der Waals surface area (Å²) in [5.74, 6) is -0.462. The topological polar surface area (TPSA) is 64.6 Å². The van der Waals surface area contributed by atoms with Gasteiger partial charge in [-0.1, -0.05) is 24.3 Å². The summed E-state index contributed by atoms with van der Waals surface area (Å²) >= 11 is 0. The molecule has 0 saturated carbocycles. The summed E-state index contributed by atoms with van der Waals surface area (Å²) in [6.45, 7) is 2.26. The molecule has 1 amide bonds. The van der Waals surface area contributed by atoms with Gasteiger partial charge in [-0.3, -0.25) is 5.32 Å². The molecular formula is C15H17NO4. The molecule has 1 aliphatic heterocycles. The first-order valence-electron chi connectivity index (χ1n) is 6.44. The molecule has 0 atom stereocenters. The lowest BCUT2D eigenvalue weighted by Gasteiger charge is -2.14. The lowest BCUT2D eigenvalue weighted by molar-refractivity contribution is -0.133. The fourth-order valence-corrected chi connectivity index (χ4v) is 2.17. The number of hydrogen-bond acceptors (Lipinski definition) is 4. The second-order valence-corrected chi connectivity index (χ2v) is 4.52. The van der Waals surface area contributed by atoms with Crippen molar-refractivity contribution >= 4 is 17.6 Å². The largest absolute Gasteiger partial charge is 0.465 e. The SMILES string of the molecule is COC(=O)/C(=C1/CCCOC(=O)N1)c1ccccc1C. The fraction of sp³-hybridized carbons (Fsp3) is 0.333. The lowest BCUT2D eigenvalue weighted by atomic mass is 9.97. The van der Waals surface area contributed by atoms with Gasteiger partial charge in [-0.05, 0) is 30.9 Å². The number of nitrogens with one attached hydrogen (secondary N) is 1. The van der Waals surface area contributed by atoms with Gasteiger partial charge in [0.15, 0.2) is 0 Å². The van der Waals surface area contributed by atoms with E-state index in [0.29, 0.717) is 30.7 Å². The molecule has 5 nitrogen and oxygen atoms in total. The predicted molar refractivity (Wildman–Crippen MR) is 73.8 cm³/mol. The minimum Gasteiger partial charge on any atom is -0.465 e. The molecule has 1 aromatic carbocycles. The Morgan fingerprint density at radius 2 is 2.10 bits per heavy atom. The molecule has 0 unspecified atom stereocenters. The van der Waals surface area contributed by atoms with Crippen LogP contribution in [0.15, 0.2) is 30.0 Å². The van der Waals surface area contributed by atoms with Gasteiger partial charge in [-0.2, -0.15) is 0 Å². The number of alkyl carbamates (subject to hydrolysis) is 1. The van der Waals surface area contributed by atoms with Crippen LogP contribution in [0.3, 0.4) is 0 Å². The van der Waals surface area contributed by atoms with Crippen LogP contribution in [0.1, 0.15) is 24.0 Å². The smallest absolute Gasteiger partial charge is 0.411 e. The van der Waals surface area contributed by atoms with Crippen LogP contribution in [0.25, 0.3) is 5.57 Å². The summed E-state index contributed by atoms with van der Waals surface area (Å²) in [5, 5.41) is 2.64. The Morgan fingerprint density at radius 1 is 1.35 bits per heavy atom. The van der Waals surface area contributed by atoms with Crippen molar-refractivity contribution in [2.75, 3.05) is 13.7 Å². The molecule has 1 aromatic rings. The van der Waals surface area contributed by atoms with Crippen molar-refractivity contribution in [3.05, 3.63) is 41.1 Å². The molecule has 0 aromatic heterocycles. The zero-order chi connectivity index (χ0) is 14.5. The number of hydrogen-bond donors (Lipinski definition) is 1. The minimum absolute atomic E-state index is 0.345. The van der Waals surface area contributed by atoms with Crippen LogP contribution in [-0.2, 0) is 14.3 Å². The van der Waals surface area contributed by atoms with Crippen molar-refractivity contribution < 1.29 is 19.1 Å². The Labute approximate surface area is 117 Å². The highest BCUT2D eigenvalue weighted by molar-refractivity contribution is 6.18. The molecule has 0 aliphatic carbocycles. The van der Waals surface area contributed by atoms with Gasteiger partial charge in [-0.15, -0.1) is 0 Å². The van der Waals surface area contributed by atoms with Gasteiger partial charge in [-0.25, -0.2) is 9.59 Å². The maximum absolute atomic E-state index is 12.1. The van der Waals surface area contributed by atoms with Crippen molar-refractivity contribution in [1.29, 1.82) is 0 Å². The summed E-state index contributed by atoms with van der Waals surface area (Å²) in [5.41, 5.74) is 2.65. The van der Waals surface area contributed by atoms with Crippen LogP contribution in [0.4, 0.5) is 4.79 Å². The standard InChI is InChI=1S/C15H17NO4/c1-10-6-3-4-7-11(10)13(14(17)19-2)12-8-5-9-20-15(18)16-12/h3-4,6-7H,5,8-9H2,1-2H3,(H,16,18)/b13-12-. The lowest BCUT2D eigenvalue weighted by Crippen LogP contribution is -2.24. The third-order valence-electron chi connectivity index (χ3n) is 3.16. The zero-order valence-corrected chi connectivity index (χ0v) is 11.6. The second-order valence-electron chi connectivity index (χ2n) is 4.52. The van der Waals surface area contributed by atoms with Crippen molar-refractivity contribution in [2.24, 2.45) is 0 Å². The maximum atomic E-state index is 12.1. The van der Waals surface area contributed by atoms with Gasteiger partial charge in [0, 0.05) is 5.70 Å². The van der Waals surface area contributed by atoms with Crippen LogP contribution in [0.5, 0.6) is 0 Å². The Hall–Kier alpha value is -2.30. The normalized spacial score (nSPS) is 17.6. The van der Waals surface area contributed by atoms with E-state index in [-0.39, 0.29) is 0 Å². The molecule has 1 saturated heterocycles. The molecule has 0 bridgehead atoms. The van der Waals surface area contributed by atoms with Gasteiger partial charge in [0.25, 0.3) is 0 Å². The molecule has 5 heteroatoms. The van der Waals surface area contributed by atoms with Crippen LogP contribution in [0, 0.1) is 6.92 Å². The fourth-order valence-electron chi connectivity index (χ4n) is 2.17. The van der Waals surface area contributed by atoms with E-state index in [0.717, 1.165) is 11.1 Å². The van der Waals surface area contributed by atoms with E-state index in [2.05, 4.69) is 5.32 Å². The maximum Gasteiger partial charge on any atom is 0.411 e. The average Bonchev–Trinajstić information content (AvgIpc) is 2.65. The van der Waals surface area contributed by atoms with Gasteiger partial charge >= 0.3 is 12.1 Å². The minimum atomic E-state index is -0.535. The first-order chi connectivity index (χ1) is 9.63. The summed E-state index contributed by atoms with van der Waals surface area (Å²) in [4.78, 5) is 23.6. The summed E-state index contributed by atoms with van der Waals surface area (Å²) in [6, 6.07) is 7.49. The number of aryl methyl sites for hydroxylation is 1. The molecule has 106 valence electrons. The molecule has 0 spiro atoms. The predicted octanol–water partition coefficient (Wildman–Crippen LogP) is 2.40. The van der Waals surface area contributed by atoms with E-state index in [1.54, 1.807) is 0 Å². The van der Waals surface area contributed by atoms with Crippen LogP contribution >= 0.6 is 0 Å².